The number of phenolic OH excluding ortho intramolecular Hbond substituents is 1. The number of unbranched alkanes of at least 4 members (excludes halogenated alkanes) is 4. The van der Waals surface area contributed by atoms with Crippen LogP contribution in [-0.4, -0.2) is 5.11 Å². The minimum atomic E-state index is 0.328. The maximum Gasteiger partial charge on any atom is 0.123 e. The third kappa shape index (κ3) is 8.08. The quantitative estimate of drug-likeness (QED) is 0.456. The van der Waals surface area contributed by atoms with E-state index in [1.54, 1.807) is 6.07 Å². The molecule has 1 unspecified atom stereocenters. The van der Waals surface area contributed by atoms with Crippen molar-refractivity contribution in [2.24, 2.45) is 11.8 Å². The van der Waals surface area contributed by atoms with E-state index >= 15 is 0 Å². The van der Waals surface area contributed by atoms with Crippen molar-refractivity contribution in [1.29, 1.82) is 0 Å². The number of rotatable bonds is 9. The van der Waals surface area contributed by atoms with Crippen molar-refractivity contribution < 1.29 is 5.11 Å². The van der Waals surface area contributed by atoms with Crippen LogP contribution in [0, 0.1) is 11.8 Å². The van der Waals surface area contributed by atoms with Gasteiger partial charge in [0, 0.05) is 5.56 Å². The SMILES string of the molecule is CCCCCCCC(C)CC1CC1.Oc1ccccc1-c1ccccc1. The van der Waals surface area contributed by atoms with E-state index in [1.165, 1.54) is 57.8 Å². The molecule has 142 valence electrons. The highest BCUT2D eigenvalue weighted by Gasteiger charge is 2.22. The van der Waals surface area contributed by atoms with Crippen LogP contribution in [0.5, 0.6) is 5.75 Å². The fourth-order valence-corrected chi connectivity index (χ4v) is 3.47. The monoisotopic (exact) mass is 352 g/mol. The van der Waals surface area contributed by atoms with Crippen LogP contribution in [-0.2, 0) is 0 Å². The number of aromatic hydroxyl groups is 1. The van der Waals surface area contributed by atoms with Crippen LogP contribution >= 0.6 is 0 Å². The van der Waals surface area contributed by atoms with Crippen LogP contribution in [0.25, 0.3) is 11.1 Å². The van der Waals surface area contributed by atoms with Gasteiger partial charge in [-0.3, -0.25) is 0 Å². The lowest BCUT2D eigenvalue weighted by molar-refractivity contribution is 0.435. The van der Waals surface area contributed by atoms with E-state index in [0.29, 0.717) is 5.75 Å². The molecule has 1 atom stereocenters. The molecule has 1 saturated carbocycles. The molecule has 0 aliphatic heterocycles. The summed E-state index contributed by atoms with van der Waals surface area (Å²) < 4.78 is 0. The van der Waals surface area contributed by atoms with Crippen molar-refractivity contribution in [2.75, 3.05) is 0 Å². The fraction of sp³-hybridized carbons (Fsp3) is 0.520. The van der Waals surface area contributed by atoms with Gasteiger partial charge in [-0.2, -0.15) is 0 Å². The van der Waals surface area contributed by atoms with Gasteiger partial charge in [-0.05, 0) is 29.9 Å². The number of benzene rings is 2. The molecule has 2 aromatic carbocycles. The van der Waals surface area contributed by atoms with Crippen molar-refractivity contribution in [2.45, 2.75) is 71.6 Å². The topological polar surface area (TPSA) is 20.2 Å². The zero-order valence-corrected chi connectivity index (χ0v) is 16.7. The lowest BCUT2D eigenvalue weighted by Crippen LogP contribution is -1.95. The summed E-state index contributed by atoms with van der Waals surface area (Å²) in [4.78, 5) is 0. The molecule has 1 aliphatic carbocycles. The number of phenols is 1. The molecule has 0 bridgehead atoms. The zero-order valence-electron chi connectivity index (χ0n) is 16.7. The van der Waals surface area contributed by atoms with Crippen molar-refractivity contribution in [1.82, 2.24) is 0 Å². The Kier molecular flexibility index (Phi) is 9.31. The summed E-state index contributed by atoms with van der Waals surface area (Å²) in [6, 6.07) is 17.2. The molecule has 26 heavy (non-hydrogen) atoms. The van der Waals surface area contributed by atoms with E-state index in [9.17, 15) is 5.11 Å². The van der Waals surface area contributed by atoms with Gasteiger partial charge < -0.3 is 5.11 Å². The second-order valence-corrected chi connectivity index (χ2v) is 7.87. The highest BCUT2D eigenvalue weighted by atomic mass is 16.3. The second-order valence-electron chi connectivity index (χ2n) is 7.87. The van der Waals surface area contributed by atoms with E-state index in [2.05, 4.69) is 13.8 Å². The molecule has 0 spiro atoms. The van der Waals surface area contributed by atoms with Gasteiger partial charge in [0.15, 0.2) is 0 Å². The molecular weight excluding hydrogens is 316 g/mol. The Hall–Kier alpha value is -1.76. The maximum absolute atomic E-state index is 9.56. The van der Waals surface area contributed by atoms with Crippen molar-refractivity contribution >= 4 is 0 Å². The summed E-state index contributed by atoms with van der Waals surface area (Å²) in [5, 5.41) is 9.56. The summed E-state index contributed by atoms with van der Waals surface area (Å²) in [6.45, 7) is 4.73. The van der Waals surface area contributed by atoms with Crippen molar-refractivity contribution in [3.8, 4) is 16.9 Å². The van der Waals surface area contributed by atoms with E-state index in [-0.39, 0.29) is 0 Å². The number of hydrogen-bond donors (Lipinski definition) is 1. The molecule has 1 nitrogen and oxygen atoms in total. The lowest BCUT2D eigenvalue weighted by atomic mass is 9.97. The molecule has 0 saturated heterocycles. The molecule has 0 heterocycles. The smallest absolute Gasteiger partial charge is 0.123 e. The summed E-state index contributed by atoms with van der Waals surface area (Å²) in [5.41, 5.74) is 1.92. The third-order valence-corrected chi connectivity index (χ3v) is 5.22. The van der Waals surface area contributed by atoms with E-state index in [0.717, 1.165) is 23.0 Å². The first-order chi connectivity index (χ1) is 12.7. The molecule has 1 heteroatoms. The minimum Gasteiger partial charge on any atom is -0.507 e. The van der Waals surface area contributed by atoms with Crippen LogP contribution < -0.4 is 0 Å². The number of hydrogen-bond acceptors (Lipinski definition) is 1. The maximum atomic E-state index is 9.56. The van der Waals surface area contributed by atoms with E-state index < -0.39 is 0 Å². The normalized spacial score (nSPS) is 14.4. The first-order valence-electron chi connectivity index (χ1n) is 10.5. The fourth-order valence-electron chi connectivity index (χ4n) is 3.47. The van der Waals surface area contributed by atoms with Crippen molar-refractivity contribution in [3.63, 3.8) is 0 Å². The molecule has 0 amide bonds. The molecule has 2 aromatic rings. The Labute approximate surface area is 160 Å². The van der Waals surface area contributed by atoms with E-state index in [1.807, 2.05) is 48.5 Å². The second kappa shape index (κ2) is 11.8. The van der Waals surface area contributed by atoms with E-state index in [4.69, 9.17) is 0 Å². The molecular formula is C25H36O. The molecule has 0 radical (unpaired) electrons. The Morgan fingerprint density at radius 3 is 2.19 bits per heavy atom. The van der Waals surface area contributed by atoms with Gasteiger partial charge in [-0.15, -0.1) is 0 Å². The minimum absolute atomic E-state index is 0.328. The summed E-state index contributed by atoms with van der Waals surface area (Å²) in [5.74, 6) is 2.47. The Bertz CT molecular complexity index is 601. The zero-order chi connectivity index (χ0) is 18.6. The number of para-hydroxylation sites is 1. The van der Waals surface area contributed by atoms with Crippen LogP contribution in [0.3, 0.4) is 0 Å². The average Bonchev–Trinajstić information content (AvgIpc) is 3.47. The van der Waals surface area contributed by atoms with Gasteiger partial charge in [-0.25, -0.2) is 0 Å². The van der Waals surface area contributed by atoms with Crippen LogP contribution in [0.2, 0.25) is 0 Å². The van der Waals surface area contributed by atoms with Crippen molar-refractivity contribution in [3.05, 3.63) is 54.6 Å². The Balaban J connectivity index is 0.000000187. The standard InChI is InChI=1S/C13H26.C12H10O/c1-3-4-5-6-7-8-12(2)11-13-9-10-13;13-12-9-5-4-8-11(12)10-6-2-1-3-7-10/h12-13H,3-11H2,1-2H3;1-9,13H. The predicted molar refractivity (Wildman–Crippen MR) is 113 cm³/mol. The van der Waals surface area contributed by atoms with Gasteiger partial charge in [0.25, 0.3) is 0 Å². The van der Waals surface area contributed by atoms with Gasteiger partial charge in [-0.1, -0.05) is 114 Å². The lowest BCUT2D eigenvalue weighted by Gasteiger charge is -2.09. The molecule has 3 rings (SSSR count). The summed E-state index contributed by atoms with van der Waals surface area (Å²) in [6.07, 6.45) is 13.3. The first-order valence-corrected chi connectivity index (χ1v) is 10.5. The molecule has 1 N–H and O–H groups in total. The van der Waals surface area contributed by atoms with Gasteiger partial charge in [0.1, 0.15) is 5.75 Å². The highest BCUT2D eigenvalue weighted by Crippen LogP contribution is 2.36. The third-order valence-electron chi connectivity index (χ3n) is 5.22. The van der Waals surface area contributed by atoms with Crippen LogP contribution in [0.1, 0.15) is 71.6 Å². The summed E-state index contributed by atoms with van der Waals surface area (Å²) in [7, 11) is 0. The summed E-state index contributed by atoms with van der Waals surface area (Å²) >= 11 is 0. The van der Waals surface area contributed by atoms with Gasteiger partial charge >= 0.3 is 0 Å². The largest absolute Gasteiger partial charge is 0.507 e. The predicted octanol–water partition coefficient (Wildman–Crippen LogP) is 7.84. The van der Waals surface area contributed by atoms with Gasteiger partial charge in [0.05, 0.1) is 0 Å². The molecule has 1 fully saturated rings. The Morgan fingerprint density at radius 2 is 1.54 bits per heavy atom. The Morgan fingerprint density at radius 1 is 0.885 bits per heavy atom. The molecule has 1 aliphatic rings. The highest BCUT2D eigenvalue weighted by molar-refractivity contribution is 5.69. The van der Waals surface area contributed by atoms with Crippen LogP contribution in [0.15, 0.2) is 54.6 Å². The van der Waals surface area contributed by atoms with Gasteiger partial charge in [0.2, 0.25) is 0 Å². The first kappa shape index (κ1) is 20.6. The molecule has 0 aromatic heterocycles. The van der Waals surface area contributed by atoms with Crippen LogP contribution in [0.4, 0.5) is 0 Å². The average molecular weight is 353 g/mol.